The van der Waals surface area contributed by atoms with Crippen molar-refractivity contribution in [3.63, 3.8) is 0 Å². The molecule has 0 saturated carbocycles. The minimum atomic E-state index is -1.04. The summed E-state index contributed by atoms with van der Waals surface area (Å²) in [5.41, 5.74) is 5.29. The fourth-order valence-corrected chi connectivity index (χ4v) is 1.13. The van der Waals surface area contributed by atoms with Gasteiger partial charge in [-0.05, 0) is 11.9 Å². The molecule has 7 nitrogen and oxygen atoms in total. The molecule has 15 heavy (non-hydrogen) atoms. The molecule has 0 bridgehead atoms. The van der Waals surface area contributed by atoms with Gasteiger partial charge in [-0.3, -0.25) is 9.59 Å². The molecule has 0 rings (SSSR count). The second-order valence-electron chi connectivity index (χ2n) is 2.76. The number of carboxylic acid groups (broad SMARTS) is 2. The molecule has 1 atom stereocenters. The van der Waals surface area contributed by atoms with Crippen LogP contribution in [0.4, 0.5) is 0 Å². The molecule has 0 amide bonds. The lowest BCUT2D eigenvalue weighted by Crippen LogP contribution is -2.35. The van der Waals surface area contributed by atoms with E-state index >= 15 is 0 Å². The Morgan fingerprint density at radius 2 is 2.13 bits per heavy atom. The maximum Gasteiger partial charge on any atom is 0.322 e. The Morgan fingerprint density at radius 1 is 1.53 bits per heavy atom. The molecule has 0 saturated heterocycles. The molecule has 1 unspecified atom stereocenters. The molecule has 8 heteroatoms. The summed E-state index contributed by atoms with van der Waals surface area (Å²) in [4.78, 5) is 20.5. The first-order valence-electron chi connectivity index (χ1n) is 4.07. The van der Waals surface area contributed by atoms with Crippen molar-refractivity contribution in [3.05, 3.63) is 0 Å². The van der Waals surface area contributed by atoms with Gasteiger partial charge in [0.2, 0.25) is 5.96 Å². The molecule has 0 heterocycles. The highest BCUT2D eigenvalue weighted by molar-refractivity contribution is 7.98. The van der Waals surface area contributed by atoms with Crippen molar-refractivity contribution in [1.82, 2.24) is 5.32 Å². The van der Waals surface area contributed by atoms with Crippen LogP contribution in [0.15, 0.2) is 4.40 Å². The Balaban J connectivity index is 3.76. The van der Waals surface area contributed by atoms with Crippen molar-refractivity contribution in [2.45, 2.75) is 6.92 Å². The van der Waals surface area contributed by atoms with E-state index < -0.39 is 17.9 Å². The zero-order chi connectivity index (χ0) is 11.8. The van der Waals surface area contributed by atoms with Crippen LogP contribution in [0.5, 0.6) is 0 Å². The Morgan fingerprint density at radius 3 is 2.60 bits per heavy atom. The van der Waals surface area contributed by atoms with Crippen LogP contribution in [0.2, 0.25) is 0 Å². The maximum atomic E-state index is 10.4. The van der Waals surface area contributed by atoms with E-state index in [0.29, 0.717) is 0 Å². The highest BCUT2D eigenvalue weighted by Crippen LogP contribution is 2.08. The smallest absolute Gasteiger partial charge is 0.322 e. The van der Waals surface area contributed by atoms with Gasteiger partial charge in [0, 0.05) is 5.75 Å². The van der Waals surface area contributed by atoms with E-state index in [1.54, 1.807) is 6.92 Å². The zero-order valence-electron chi connectivity index (χ0n) is 8.14. The summed E-state index contributed by atoms with van der Waals surface area (Å²) >= 11 is 0.976. The van der Waals surface area contributed by atoms with Gasteiger partial charge >= 0.3 is 11.9 Å². The van der Waals surface area contributed by atoms with Gasteiger partial charge in [-0.15, -0.1) is 0 Å². The van der Waals surface area contributed by atoms with Gasteiger partial charge in [0.15, 0.2) is 0 Å². The monoisotopic (exact) mass is 235 g/mol. The minimum Gasteiger partial charge on any atom is -0.481 e. The molecule has 86 valence electrons. The number of rotatable bonds is 6. The van der Waals surface area contributed by atoms with Gasteiger partial charge in [0.1, 0.15) is 6.54 Å². The van der Waals surface area contributed by atoms with Crippen LogP contribution in [0.1, 0.15) is 6.92 Å². The van der Waals surface area contributed by atoms with E-state index in [9.17, 15) is 9.59 Å². The second kappa shape index (κ2) is 6.93. The van der Waals surface area contributed by atoms with Gasteiger partial charge in [-0.2, -0.15) is 4.40 Å². The van der Waals surface area contributed by atoms with Crippen molar-refractivity contribution in [3.8, 4) is 0 Å². The van der Waals surface area contributed by atoms with E-state index in [1.807, 2.05) is 0 Å². The van der Waals surface area contributed by atoms with Crippen LogP contribution in [0.3, 0.4) is 0 Å². The van der Waals surface area contributed by atoms with Crippen molar-refractivity contribution in [2.24, 2.45) is 16.0 Å². The first-order chi connectivity index (χ1) is 6.93. The van der Waals surface area contributed by atoms with Crippen molar-refractivity contribution >= 4 is 29.8 Å². The number of carbonyl (C=O) groups is 2. The lowest BCUT2D eigenvalue weighted by molar-refractivity contribution is -0.140. The predicted octanol–water partition coefficient (Wildman–Crippen LogP) is -0.656. The molecule has 0 aromatic heterocycles. The fourth-order valence-electron chi connectivity index (χ4n) is 0.488. The Bertz CT molecular complexity index is 269. The van der Waals surface area contributed by atoms with Gasteiger partial charge in [0.25, 0.3) is 0 Å². The quantitative estimate of drug-likeness (QED) is 0.273. The molecule has 5 N–H and O–H groups in total. The highest BCUT2D eigenvalue weighted by atomic mass is 32.2. The zero-order valence-corrected chi connectivity index (χ0v) is 8.95. The number of aliphatic carboxylic acids is 2. The molecule has 0 aliphatic rings. The number of carboxylic acids is 2. The average Bonchev–Trinajstić information content (AvgIpc) is 2.14. The lowest BCUT2D eigenvalue weighted by Gasteiger charge is -2.03. The molecule has 0 radical (unpaired) electrons. The van der Waals surface area contributed by atoms with Gasteiger partial charge in [-0.1, -0.05) is 6.92 Å². The first-order valence-corrected chi connectivity index (χ1v) is 5.01. The summed E-state index contributed by atoms with van der Waals surface area (Å²) in [6, 6.07) is 0. The summed E-state index contributed by atoms with van der Waals surface area (Å²) in [6.45, 7) is 1.23. The third kappa shape index (κ3) is 7.62. The molecule has 0 aromatic rings. The molecular weight excluding hydrogens is 222 g/mol. The third-order valence-electron chi connectivity index (χ3n) is 1.33. The van der Waals surface area contributed by atoms with Crippen molar-refractivity contribution in [2.75, 3.05) is 12.3 Å². The van der Waals surface area contributed by atoms with Gasteiger partial charge in [-0.25, -0.2) is 0 Å². The molecule has 0 fully saturated rings. The van der Waals surface area contributed by atoms with E-state index in [0.717, 1.165) is 11.9 Å². The maximum absolute atomic E-state index is 10.4. The van der Waals surface area contributed by atoms with E-state index in [1.165, 1.54) is 0 Å². The van der Waals surface area contributed by atoms with E-state index in [4.69, 9.17) is 15.9 Å². The van der Waals surface area contributed by atoms with E-state index in [-0.39, 0.29) is 18.3 Å². The van der Waals surface area contributed by atoms with Crippen molar-refractivity contribution < 1.29 is 19.8 Å². The lowest BCUT2D eigenvalue weighted by atomic mass is 10.2. The third-order valence-corrected chi connectivity index (χ3v) is 2.30. The van der Waals surface area contributed by atoms with E-state index in [2.05, 4.69) is 9.71 Å². The summed E-state index contributed by atoms with van der Waals surface area (Å²) in [5.74, 6) is -2.22. The molecular formula is C7H13N3O4S. The Kier molecular flexibility index (Phi) is 6.27. The summed E-state index contributed by atoms with van der Waals surface area (Å²) in [5, 5.41) is 19.2. The highest BCUT2D eigenvalue weighted by Gasteiger charge is 2.10. The minimum absolute atomic E-state index is 0.0278. The van der Waals surface area contributed by atoms with Crippen LogP contribution < -0.4 is 11.1 Å². The van der Waals surface area contributed by atoms with Crippen LogP contribution in [-0.4, -0.2) is 40.4 Å². The number of guanidine groups is 1. The number of hydrogen-bond donors (Lipinski definition) is 4. The number of nitrogens with two attached hydrogens (primary N) is 1. The summed E-state index contributed by atoms with van der Waals surface area (Å²) in [6.07, 6.45) is 0. The van der Waals surface area contributed by atoms with Crippen LogP contribution >= 0.6 is 11.9 Å². The molecule has 0 aliphatic carbocycles. The van der Waals surface area contributed by atoms with Crippen LogP contribution in [0.25, 0.3) is 0 Å². The Labute approximate surface area is 90.9 Å². The normalized spacial score (nSPS) is 13.3. The average molecular weight is 235 g/mol. The van der Waals surface area contributed by atoms with Crippen molar-refractivity contribution in [1.29, 1.82) is 0 Å². The first kappa shape index (κ1) is 13.6. The van der Waals surface area contributed by atoms with Gasteiger partial charge < -0.3 is 21.3 Å². The largest absolute Gasteiger partial charge is 0.481 e. The summed E-state index contributed by atoms with van der Waals surface area (Å²) < 4.78 is 3.69. The number of hydrogen-bond acceptors (Lipinski definition) is 4. The molecule has 0 aliphatic heterocycles. The topological polar surface area (TPSA) is 125 Å². The number of nitrogens with one attached hydrogen (secondary N) is 1. The molecule has 0 aromatic carbocycles. The van der Waals surface area contributed by atoms with Gasteiger partial charge in [0.05, 0.1) is 5.92 Å². The SMILES string of the molecule is CC(CS/N=C(\N)NCC(=O)O)C(=O)O. The summed E-state index contributed by atoms with van der Waals surface area (Å²) in [7, 11) is 0. The van der Waals surface area contributed by atoms with Crippen LogP contribution in [-0.2, 0) is 9.59 Å². The fraction of sp³-hybridized carbons (Fsp3) is 0.571. The number of nitrogens with zero attached hydrogens (tertiary/aromatic N) is 1. The molecule has 0 spiro atoms. The predicted molar refractivity (Wildman–Crippen MR) is 56.5 cm³/mol. The Hall–Kier alpha value is -1.44. The van der Waals surface area contributed by atoms with Crippen LogP contribution in [0, 0.1) is 5.92 Å². The second-order valence-corrected chi connectivity index (χ2v) is 3.53. The standard InChI is InChI=1S/C7H13N3O4S/c1-4(6(13)14)3-15-10-7(8)9-2-5(11)12/h4H,2-3H2,1H3,(H,11,12)(H,13,14)(H3,8,9,10).